The molecule has 23 heavy (non-hydrogen) atoms. The summed E-state index contributed by atoms with van der Waals surface area (Å²) in [6, 6.07) is 21.6. The Bertz CT molecular complexity index is 709. The van der Waals surface area contributed by atoms with Crippen molar-refractivity contribution in [3.63, 3.8) is 0 Å². The van der Waals surface area contributed by atoms with Gasteiger partial charge in [0.15, 0.2) is 0 Å². The van der Waals surface area contributed by atoms with Crippen molar-refractivity contribution in [1.29, 1.82) is 0 Å². The van der Waals surface area contributed by atoms with Crippen molar-refractivity contribution in [1.82, 2.24) is 9.55 Å². The number of aromatic nitrogens is 2. The molecule has 3 heteroatoms. The van der Waals surface area contributed by atoms with Gasteiger partial charge in [-0.25, -0.2) is 4.98 Å². The summed E-state index contributed by atoms with van der Waals surface area (Å²) in [6.07, 6.45) is 8.10. The summed E-state index contributed by atoms with van der Waals surface area (Å²) in [4.78, 5) is 4.34. The van der Waals surface area contributed by atoms with Crippen LogP contribution in [0.2, 0.25) is 6.55 Å². The monoisotopic (exact) mass is 318 g/mol. The zero-order valence-corrected chi connectivity index (χ0v) is 14.8. The topological polar surface area (TPSA) is 17.8 Å². The van der Waals surface area contributed by atoms with E-state index in [0.717, 1.165) is 0 Å². The van der Waals surface area contributed by atoms with Crippen LogP contribution in [0.1, 0.15) is 18.1 Å². The lowest BCUT2D eigenvalue weighted by atomic mass is 9.97. The Hall–Kier alpha value is -2.39. The molecule has 2 aromatic carbocycles. The van der Waals surface area contributed by atoms with Crippen LogP contribution in [0.4, 0.5) is 0 Å². The summed E-state index contributed by atoms with van der Waals surface area (Å²) in [7, 11) is -1.36. The Kier molecular flexibility index (Phi) is 4.58. The van der Waals surface area contributed by atoms with Crippen LogP contribution in [0.25, 0.3) is 0 Å². The SMILES string of the molecule is CC=C[SiH](C)C(c1ccccc1)(c1ccccc1)n1ccnc1. The Labute approximate surface area is 139 Å². The van der Waals surface area contributed by atoms with Crippen molar-refractivity contribution in [3.05, 3.63) is 102 Å². The minimum absolute atomic E-state index is 0.175. The van der Waals surface area contributed by atoms with Gasteiger partial charge in [-0.05, 0) is 18.1 Å². The molecule has 0 aliphatic heterocycles. The average molecular weight is 318 g/mol. The molecule has 0 bridgehead atoms. The van der Waals surface area contributed by atoms with E-state index in [4.69, 9.17) is 0 Å². The molecule has 0 aliphatic rings. The standard InChI is InChI=1S/C20H22N2Si/c1-3-16-23(2)20(22-15-14-21-17-22,18-10-6-4-7-11-18)19-12-8-5-9-13-19/h3-17,23H,1-2H3. The van der Waals surface area contributed by atoms with E-state index in [-0.39, 0.29) is 5.16 Å². The van der Waals surface area contributed by atoms with Crippen LogP contribution in [0, 0.1) is 0 Å². The third kappa shape index (κ3) is 2.68. The van der Waals surface area contributed by atoms with Gasteiger partial charge < -0.3 is 4.57 Å². The first-order valence-electron chi connectivity index (χ1n) is 8.02. The molecule has 1 atom stereocenters. The number of benzene rings is 2. The average Bonchev–Trinajstić information content (AvgIpc) is 3.13. The highest BCUT2D eigenvalue weighted by Crippen LogP contribution is 2.37. The predicted molar refractivity (Wildman–Crippen MR) is 99.1 cm³/mol. The molecule has 3 rings (SSSR count). The summed E-state index contributed by atoms with van der Waals surface area (Å²) in [5, 5.41) is -0.175. The van der Waals surface area contributed by atoms with E-state index >= 15 is 0 Å². The summed E-state index contributed by atoms with van der Waals surface area (Å²) in [5.41, 5.74) is 5.04. The third-order valence-electron chi connectivity index (χ3n) is 4.48. The molecule has 0 saturated carbocycles. The van der Waals surface area contributed by atoms with E-state index < -0.39 is 8.80 Å². The van der Waals surface area contributed by atoms with E-state index in [1.165, 1.54) is 11.1 Å². The lowest BCUT2D eigenvalue weighted by Gasteiger charge is -2.40. The highest BCUT2D eigenvalue weighted by Gasteiger charge is 2.40. The molecular weight excluding hydrogens is 296 g/mol. The van der Waals surface area contributed by atoms with Crippen molar-refractivity contribution < 1.29 is 0 Å². The van der Waals surface area contributed by atoms with Gasteiger partial charge >= 0.3 is 0 Å². The number of imidazole rings is 1. The number of allylic oxidation sites excluding steroid dienone is 1. The van der Waals surface area contributed by atoms with Crippen LogP contribution in [0.3, 0.4) is 0 Å². The molecule has 0 spiro atoms. The maximum absolute atomic E-state index is 4.34. The van der Waals surface area contributed by atoms with Gasteiger partial charge in [-0.15, -0.1) is 0 Å². The van der Waals surface area contributed by atoms with Crippen molar-refractivity contribution in [3.8, 4) is 0 Å². The zero-order chi connectivity index (χ0) is 16.1. The summed E-state index contributed by atoms with van der Waals surface area (Å²) in [6.45, 7) is 4.51. The Morgan fingerprint density at radius 3 is 1.96 bits per heavy atom. The van der Waals surface area contributed by atoms with E-state index in [1.54, 1.807) is 0 Å². The highest BCUT2D eigenvalue weighted by atomic mass is 28.3. The predicted octanol–water partition coefficient (Wildman–Crippen LogP) is 4.19. The van der Waals surface area contributed by atoms with Crippen LogP contribution in [0.15, 0.2) is 91.2 Å². The van der Waals surface area contributed by atoms with Crippen LogP contribution in [-0.4, -0.2) is 18.3 Å². The fourth-order valence-electron chi connectivity index (χ4n) is 3.51. The quantitative estimate of drug-likeness (QED) is 0.645. The van der Waals surface area contributed by atoms with Gasteiger partial charge in [-0.3, -0.25) is 0 Å². The number of hydrogen-bond donors (Lipinski definition) is 0. The van der Waals surface area contributed by atoms with E-state index in [2.05, 4.69) is 102 Å². The minimum atomic E-state index is -1.36. The molecule has 3 aromatic rings. The molecule has 0 radical (unpaired) electrons. The highest BCUT2D eigenvalue weighted by molar-refractivity contribution is 6.67. The first kappa shape index (κ1) is 15.5. The maximum atomic E-state index is 4.34. The lowest BCUT2D eigenvalue weighted by molar-refractivity contribution is 0.587. The molecule has 1 aromatic heterocycles. The molecule has 0 fully saturated rings. The van der Waals surface area contributed by atoms with Gasteiger partial charge in [-0.1, -0.05) is 79.0 Å². The molecule has 1 unspecified atom stereocenters. The molecule has 0 saturated heterocycles. The molecule has 1 heterocycles. The summed E-state index contributed by atoms with van der Waals surface area (Å²) >= 11 is 0. The maximum Gasteiger partial charge on any atom is 0.0994 e. The van der Waals surface area contributed by atoms with Gasteiger partial charge in [0.05, 0.1) is 20.3 Å². The first-order chi connectivity index (χ1) is 11.3. The van der Waals surface area contributed by atoms with Crippen molar-refractivity contribution in [2.75, 3.05) is 0 Å². The number of rotatable bonds is 5. The second-order valence-corrected chi connectivity index (χ2v) is 8.58. The van der Waals surface area contributed by atoms with Gasteiger partial charge in [0.1, 0.15) is 0 Å². The fraction of sp³-hybridized carbons (Fsp3) is 0.150. The van der Waals surface area contributed by atoms with Crippen molar-refractivity contribution in [2.45, 2.75) is 18.6 Å². The Morgan fingerprint density at radius 1 is 0.957 bits per heavy atom. The van der Waals surface area contributed by atoms with Crippen LogP contribution in [0.5, 0.6) is 0 Å². The van der Waals surface area contributed by atoms with Gasteiger partial charge in [0.25, 0.3) is 0 Å². The largest absolute Gasteiger partial charge is 0.326 e. The molecular formula is C20H22N2Si. The molecule has 116 valence electrons. The fourth-order valence-corrected chi connectivity index (χ4v) is 6.42. The number of nitrogens with zero attached hydrogens (tertiary/aromatic N) is 2. The van der Waals surface area contributed by atoms with Crippen LogP contribution < -0.4 is 0 Å². The normalized spacial score (nSPS) is 13.3. The molecule has 0 N–H and O–H groups in total. The first-order valence-corrected chi connectivity index (χ1v) is 10.4. The van der Waals surface area contributed by atoms with Crippen molar-refractivity contribution in [2.24, 2.45) is 0 Å². The molecule has 0 aliphatic carbocycles. The summed E-state index contributed by atoms with van der Waals surface area (Å²) in [5.74, 6) is 0. The summed E-state index contributed by atoms with van der Waals surface area (Å²) < 4.78 is 2.29. The second-order valence-electron chi connectivity index (χ2n) is 5.78. The van der Waals surface area contributed by atoms with E-state index in [9.17, 15) is 0 Å². The van der Waals surface area contributed by atoms with Crippen LogP contribution >= 0.6 is 0 Å². The molecule has 0 amide bonds. The second kappa shape index (κ2) is 6.80. The minimum Gasteiger partial charge on any atom is -0.326 e. The number of hydrogen-bond acceptors (Lipinski definition) is 1. The Balaban J connectivity index is 2.35. The van der Waals surface area contributed by atoms with Gasteiger partial charge in [0, 0.05) is 12.4 Å². The van der Waals surface area contributed by atoms with Crippen molar-refractivity contribution >= 4 is 8.80 Å². The van der Waals surface area contributed by atoms with Gasteiger partial charge in [0.2, 0.25) is 0 Å². The smallest absolute Gasteiger partial charge is 0.0994 e. The Morgan fingerprint density at radius 2 is 1.52 bits per heavy atom. The van der Waals surface area contributed by atoms with E-state index in [0.29, 0.717) is 0 Å². The lowest BCUT2D eigenvalue weighted by Crippen LogP contribution is -2.47. The van der Waals surface area contributed by atoms with Gasteiger partial charge in [-0.2, -0.15) is 0 Å². The zero-order valence-electron chi connectivity index (χ0n) is 13.6. The molecule has 2 nitrogen and oxygen atoms in total. The van der Waals surface area contributed by atoms with E-state index in [1.807, 2.05) is 12.5 Å². The third-order valence-corrected chi connectivity index (χ3v) is 7.72. The van der Waals surface area contributed by atoms with Crippen LogP contribution in [-0.2, 0) is 5.16 Å².